The SMILES string of the molecule is Cn1cc[n+](C)c1/N=N/c1ccc(NCCNc2ccc([N+](=O)[O-])cc2)cc1. The van der Waals surface area contributed by atoms with Gasteiger partial charge in [0, 0.05) is 41.7 Å². The number of nitrogens with zero attached hydrogens (tertiary/aromatic N) is 5. The first-order chi connectivity index (χ1) is 13.5. The smallest absolute Gasteiger partial charge is 0.383 e. The highest BCUT2D eigenvalue weighted by atomic mass is 16.6. The Morgan fingerprint density at radius 2 is 1.57 bits per heavy atom. The van der Waals surface area contributed by atoms with E-state index in [4.69, 9.17) is 0 Å². The first-order valence-corrected chi connectivity index (χ1v) is 8.78. The Hall–Kier alpha value is -3.75. The minimum atomic E-state index is -0.408. The molecule has 3 rings (SSSR count). The lowest BCUT2D eigenvalue weighted by Crippen LogP contribution is -2.25. The zero-order valence-corrected chi connectivity index (χ0v) is 15.7. The molecule has 0 aliphatic rings. The summed E-state index contributed by atoms with van der Waals surface area (Å²) in [6, 6.07) is 14.1. The summed E-state index contributed by atoms with van der Waals surface area (Å²) >= 11 is 0. The molecule has 28 heavy (non-hydrogen) atoms. The molecule has 2 aromatic carbocycles. The van der Waals surface area contributed by atoms with Gasteiger partial charge in [0.25, 0.3) is 5.69 Å². The van der Waals surface area contributed by atoms with E-state index in [1.54, 1.807) is 12.1 Å². The van der Waals surface area contributed by atoms with E-state index in [9.17, 15) is 10.1 Å². The van der Waals surface area contributed by atoms with E-state index in [2.05, 4.69) is 20.9 Å². The van der Waals surface area contributed by atoms with E-state index >= 15 is 0 Å². The topological polar surface area (TPSA) is 101 Å². The van der Waals surface area contributed by atoms with Crippen LogP contribution in [0.2, 0.25) is 0 Å². The maximum atomic E-state index is 10.6. The summed E-state index contributed by atoms with van der Waals surface area (Å²) in [5.74, 6) is 0.763. The highest BCUT2D eigenvalue weighted by Gasteiger charge is 2.10. The first-order valence-electron chi connectivity index (χ1n) is 8.78. The van der Waals surface area contributed by atoms with Gasteiger partial charge in [-0.05, 0) is 36.4 Å². The van der Waals surface area contributed by atoms with Crippen LogP contribution in [0, 0.1) is 10.1 Å². The summed E-state index contributed by atoms with van der Waals surface area (Å²) < 4.78 is 3.80. The molecule has 0 atom stereocenters. The van der Waals surface area contributed by atoms with Crippen LogP contribution in [0.3, 0.4) is 0 Å². The van der Waals surface area contributed by atoms with Gasteiger partial charge in [0.1, 0.15) is 5.69 Å². The van der Waals surface area contributed by atoms with Crippen molar-refractivity contribution in [1.29, 1.82) is 0 Å². The Morgan fingerprint density at radius 3 is 2.07 bits per heavy atom. The molecule has 1 aromatic heterocycles. The molecule has 0 spiro atoms. The third kappa shape index (κ3) is 4.91. The number of nitro groups is 1. The second-order valence-corrected chi connectivity index (χ2v) is 6.22. The Kier molecular flexibility index (Phi) is 5.95. The highest BCUT2D eigenvalue weighted by molar-refractivity contribution is 5.51. The Labute approximate surface area is 162 Å². The van der Waals surface area contributed by atoms with Gasteiger partial charge in [0.15, 0.2) is 0 Å². The molecule has 9 heteroatoms. The van der Waals surface area contributed by atoms with Crippen molar-refractivity contribution in [3.05, 3.63) is 71.0 Å². The van der Waals surface area contributed by atoms with Crippen LogP contribution in [0.15, 0.2) is 71.2 Å². The van der Waals surface area contributed by atoms with E-state index in [1.165, 1.54) is 12.1 Å². The van der Waals surface area contributed by atoms with E-state index < -0.39 is 4.92 Å². The minimum absolute atomic E-state index is 0.0850. The highest BCUT2D eigenvalue weighted by Crippen LogP contribution is 2.19. The average Bonchev–Trinajstić information content (AvgIpc) is 3.02. The number of hydrogen-bond donors (Lipinski definition) is 2. The number of nitrogens with one attached hydrogen (secondary N) is 2. The van der Waals surface area contributed by atoms with Crippen molar-refractivity contribution >= 4 is 28.7 Å². The normalized spacial score (nSPS) is 10.9. The Bertz CT molecular complexity index is 943. The number of nitro benzene ring substituents is 1. The average molecular weight is 380 g/mol. The fourth-order valence-electron chi connectivity index (χ4n) is 2.59. The lowest BCUT2D eigenvalue weighted by Gasteiger charge is -2.08. The number of anilines is 2. The predicted octanol–water partition coefficient (Wildman–Crippen LogP) is 3.70. The van der Waals surface area contributed by atoms with E-state index in [0.29, 0.717) is 13.1 Å². The lowest BCUT2D eigenvalue weighted by atomic mass is 10.3. The third-order valence-corrected chi connectivity index (χ3v) is 4.13. The third-order valence-electron chi connectivity index (χ3n) is 4.13. The van der Waals surface area contributed by atoms with Crippen LogP contribution >= 0.6 is 0 Å². The number of aromatic nitrogens is 2. The van der Waals surface area contributed by atoms with Crippen LogP contribution in [0.1, 0.15) is 0 Å². The lowest BCUT2D eigenvalue weighted by molar-refractivity contribution is -0.657. The minimum Gasteiger partial charge on any atom is -0.383 e. The second kappa shape index (κ2) is 8.76. The standard InChI is InChI=1S/C19H21N7O2/c1-24-13-14-25(2)19(24)23-22-17-5-3-15(4-6-17)20-11-12-21-16-7-9-18(10-8-16)26(27)28/h3-10,13-14,21H,11-12H2,1-2H3/p+1. The number of aryl methyl sites for hydroxylation is 2. The van der Waals surface area contributed by atoms with E-state index in [0.717, 1.165) is 23.0 Å². The predicted molar refractivity (Wildman–Crippen MR) is 107 cm³/mol. The number of rotatable bonds is 8. The molecule has 0 unspecified atom stereocenters. The van der Waals surface area contributed by atoms with Gasteiger partial charge in [0.2, 0.25) is 0 Å². The molecule has 0 amide bonds. The number of azo groups is 1. The molecule has 0 aliphatic heterocycles. The summed E-state index contributed by atoms with van der Waals surface area (Å²) in [7, 11) is 3.85. The van der Waals surface area contributed by atoms with E-state index in [-0.39, 0.29) is 5.69 Å². The van der Waals surface area contributed by atoms with Gasteiger partial charge in [-0.1, -0.05) is 5.11 Å². The summed E-state index contributed by atoms with van der Waals surface area (Å²) in [6.07, 6.45) is 3.85. The molecule has 0 bridgehead atoms. The van der Waals surface area contributed by atoms with Gasteiger partial charge in [-0.15, -0.1) is 0 Å². The molecule has 0 fully saturated rings. The van der Waals surface area contributed by atoms with Crippen LogP contribution in [-0.2, 0) is 14.1 Å². The van der Waals surface area contributed by atoms with Gasteiger partial charge in [-0.2, -0.15) is 0 Å². The van der Waals surface area contributed by atoms with Crippen molar-refractivity contribution in [2.75, 3.05) is 23.7 Å². The van der Waals surface area contributed by atoms with Gasteiger partial charge in [0.05, 0.1) is 31.4 Å². The fraction of sp³-hybridized carbons (Fsp3) is 0.211. The number of hydrogen-bond acceptors (Lipinski definition) is 6. The number of benzene rings is 2. The molecular weight excluding hydrogens is 358 g/mol. The molecule has 0 radical (unpaired) electrons. The molecule has 0 saturated carbocycles. The molecule has 1 heterocycles. The summed E-state index contributed by atoms with van der Waals surface area (Å²) in [4.78, 5) is 10.2. The number of imidazole rings is 1. The molecule has 0 saturated heterocycles. The zero-order chi connectivity index (χ0) is 19.9. The van der Waals surface area contributed by atoms with Crippen LogP contribution < -0.4 is 15.2 Å². The summed E-state index contributed by atoms with van der Waals surface area (Å²) in [6.45, 7) is 1.39. The summed E-state index contributed by atoms with van der Waals surface area (Å²) in [5, 5.41) is 25.7. The molecule has 3 aromatic rings. The van der Waals surface area contributed by atoms with Crippen molar-refractivity contribution in [2.24, 2.45) is 24.3 Å². The van der Waals surface area contributed by atoms with Crippen molar-refractivity contribution in [3.63, 3.8) is 0 Å². The monoisotopic (exact) mass is 380 g/mol. The molecule has 2 N–H and O–H groups in total. The van der Waals surface area contributed by atoms with Crippen LogP contribution in [0.25, 0.3) is 0 Å². The zero-order valence-electron chi connectivity index (χ0n) is 15.7. The first kappa shape index (κ1) is 19.0. The summed E-state index contributed by atoms with van der Waals surface area (Å²) in [5.41, 5.74) is 2.68. The molecular formula is C19H22N7O2+. The van der Waals surface area contributed by atoms with Crippen LogP contribution in [-0.4, -0.2) is 22.6 Å². The largest absolute Gasteiger partial charge is 0.421 e. The van der Waals surface area contributed by atoms with Crippen molar-refractivity contribution in [3.8, 4) is 0 Å². The van der Waals surface area contributed by atoms with Gasteiger partial charge in [-0.25, -0.2) is 9.13 Å². The maximum Gasteiger partial charge on any atom is 0.421 e. The Balaban J connectivity index is 1.46. The van der Waals surface area contributed by atoms with Crippen LogP contribution in [0.5, 0.6) is 0 Å². The maximum absolute atomic E-state index is 10.6. The number of non-ortho nitro benzene ring substituents is 1. The van der Waals surface area contributed by atoms with Gasteiger partial charge >= 0.3 is 5.95 Å². The fourth-order valence-corrected chi connectivity index (χ4v) is 2.59. The van der Waals surface area contributed by atoms with Gasteiger partial charge < -0.3 is 10.6 Å². The van der Waals surface area contributed by atoms with Crippen molar-refractivity contribution < 1.29 is 9.49 Å². The van der Waals surface area contributed by atoms with Gasteiger partial charge in [-0.3, -0.25) is 10.1 Å². The Morgan fingerprint density at radius 1 is 1.00 bits per heavy atom. The van der Waals surface area contributed by atoms with Crippen molar-refractivity contribution in [2.45, 2.75) is 0 Å². The van der Waals surface area contributed by atoms with Crippen molar-refractivity contribution in [1.82, 2.24) is 4.57 Å². The molecule has 9 nitrogen and oxygen atoms in total. The molecule has 144 valence electrons. The van der Waals surface area contributed by atoms with Crippen LogP contribution in [0.4, 0.5) is 28.7 Å². The molecule has 0 aliphatic carbocycles. The second-order valence-electron chi connectivity index (χ2n) is 6.22. The quantitative estimate of drug-likeness (QED) is 0.205. The van der Waals surface area contributed by atoms with E-state index in [1.807, 2.05) is 59.9 Å².